The number of carboxylic acids is 2. The van der Waals surface area contributed by atoms with Gasteiger partial charge in [-0.2, -0.15) is 0 Å². The van der Waals surface area contributed by atoms with Gasteiger partial charge >= 0.3 is 11.9 Å². The first kappa shape index (κ1) is 13.9. The van der Waals surface area contributed by atoms with E-state index in [4.69, 9.17) is 14.9 Å². The number of fused-ring (bicyclic) bond motifs is 1. The second-order valence-electron chi connectivity index (χ2n) is 4.42. The summed E-state index contributed by atoms with van der Waals surface area (Å²) in [4.78, 5) is 33.4. The van der Waals surface area contributed by atoms with E-state index in [0.717, 1.165) is 5.56 Å². The van der Waals surface area contributed by atoms with Gasteiger partial charge in [-0.25, -0.2) is 4.79 Å². The number of nitrogens with one attached hydrogen (secondary N) is 1. The lowest BCUT2D eigenvalue weighted by atomic mass is 10.1. The fraction of sp³-hybridized carbons (Fsp3) is 0.308. The van der Waals surface area contributed by atoms with Crippen LogP contribution in [0.15, 0.2) is 24.3 Å². The number of carbonyl (C=O) groups is 3. The molecule has 0 saturated heterocycles. The molecule has 1 aliphatic rings. The zero-order valence-corrected chi connectivity index (χ0v) is 10.4. The van der Waals surface area contributed by atoms with E-state index in [9.17, 15) is 14.4 Å². The predicted molar refractivity (Wildman–Crippen MR) is 66.4 cm³/mol. The van der Waals surface area contributed by atoms with E-state index in [-0.39, 0.29) is 0 Å². The maximum atomic E-state index is 11.9. The summed E-state index contributed by atoms with van der Waals surface area (Å²) in [6.07, 6.45) is -1.18. The van der Waals surface area contributed by atoms with Crippen LogP contribution < -0.4 is 10.1 Å². The molecule has 0 aromatic heterocycles. The van der Waals surface area contributed by atoms with Gasteiger partial charge in [0.2, 0.25) is 0 Å². The Hall–Kier alpha value is -2.57. The fourth-order valence-corrected chi connectivity index (χ4v) is 1.97. The van der Waals surface area contributed by atoms with Crippen molar-refractivity contribution in [2.45, 2.75) is 25.0 Å². The topological polar surface area (TPSA) is 113 Å². The van der Waals surface area contributed by atoms with Gasteiger partial charge in [0.25, 0.3) is 5.91 Å². The highest BCUT2D eigenvalue weighted by Gasteiger charge is 2.32. The number of rotatable bonds is 5. The van der Waals surface area contributed by atoms with Gasteiger partial charge in [0, 0.05) is 6.42 Å². The van der Waals surface area contributed by atoms with Crippen LogP contribution in [0.3, 0.4) is 0 Å². The lowest BCUT2D eigenvalue weighted by molar-refractivity contribution is -0.147. The molecule has 1 aromatic carbocycles. The van der Waals surface area contributed by atoms with E-state index in [2.05, 4.69) is 5.32 Å². The lowest BCUT2D eigenvalue weighted by Crippen LogP contribution is -2.47. The Labute approximate surface area is 114 Å². The molecule has 3 N–H and O–H groups in total. The van der Waals surface area contributed by atoms with E-state index in [1.165, 1.54) is 0 Å². The van der Waals surface area contributed by atoms with Crippen molar-refractivity contribution in [3.8, 4) is 5.75 Å². The summed E-state index contributed by atoms with van der Waals surface area (Å²) in [7, 11) is 0. The smallest absolute Gasteiger partial charge is 0.326 e. The van der Waals surface area contributed by atoms with Crippen molar-refractivity contribution >= 4 is 17.8 Å². The van der Waals surface area contributed by atoms with Crippen molar-refractivity contribution < 1.29 is 29.3 Å². The summed E-state index contributed by atoms with van der Waals surface area (Å²) in [6, 6.07) is 5.65. The van der Waals surface area contributed by atoms with Crippen molar-refractivity contribution in [1.82, 2.24) is 5.32 Å². The molecule has 0 fully saturated rings. The van der Waals surface area contributed by atoms with Crippen LogP contribution in [-0.4, -0.2) is 40.2 Å². The Balaban J connectivity index is 1.99. The first-order valence-corrected chi connectivity index (χ1v) is 5.97. The maximum absolute atomic E-state index is 11.9. The van der Waals surface area contributed by atoms with Crippen molar-refractivity contribution in [2.24, 2.45) is 0 Å². The molecule has 7 nitrogen and oxygen atoms in total. The molecule has 1 unspecified atom stereocenters. The molecule has 0 radical (unpaired) electrons. The second-order valence-corrected chi connectivity index (χ2v) is 4.42. The quantitative estimate of drug-likeness (QED) is 0.701. The molecular weight excluding hydrogens is 266 g/mol. The minimum Gasteiger partial charge on any atom is -0.481 e. The Morgan fingerprint density at radius 2 is 2.00 bits per heavy atom. The molecule has 0 spiro atoms. The van der Waals surface area contributed by atoms with Gasteiger partial charge < -0.3 is 20.3 Å². The summed E-state index contributed by atoms with van der Waals surface area (Å²) in [6.45, 7) is 0. The number of carboxylic acid groups (broad SMARTS) is 2. The van der Waals surface area contributed by atoms with Gasteiger partial charge in [0.15, 0.2) is 6.10 Å². The highest BCUT2D eigenvalue weighted by Crippen LogP contribution is 2.28. The molecule has 20 heavy (non-hydrogen) atoms. The van der Waals surface area contributed by atoms with Gasteiger partial charge in [0.1, 0.15) is 11.8 Å². The third kappa shape index (κ3) is 3.05. The van der Waals surface area contributed by atoms with Crippen LogP contribution in [0.5, 0.6) is 5.75 Å². The van der Waals surface area contributed by atoms with Crippen molar-refractivity contribution in [3.63, 3.8) is 0 Å². The van der Waals surface area contributed by atoms with Crippen molar-refractivity contribution in [1.29, 1.82) is 0 Å². The first-order valence-electron chi connectivity index (χ1n) is 5.97. The van der Waals surface area contributed by atoms with Crippen LogP contribution in [0, 0.1) is 0 Å². The molecule has 2 atom stereocenters. The van der Waals surface area contributed by atoms with Gasteiger partial charge in [-0.1, -0.05) is 18.2 Å². The van der Waals surface area contributed by atoms with E-state index < -0.39 is 36.4 Å². The number of hydrogen-bond acceptors (Lipinski definition) is 4. The minimum absolute atomic E-state index is 0.335. The monoisotopic (exact) mass is 279 g/mol. The molecule has 1 heterocycles. The average molecular weight is 279 g/mol. The summed E-state index contributed by atoms with van der Waals surface area (Å²) in [5.74, 6) is -2.74. The Kier molecular flexibility index (Phi) is 3.88. The molecule has 1 amide bonds. The first-order chi connectivity index (χ1) is 9.47. The standard InChI is InChI=1S/C13H13NO6/c15-11(16)6-8(13(18)19)14-12(17)10-5-7-3-1-2-4-9(7)20-10/h1-4,8,10H,5-6H2,(H,14,17)(H,15,16)(H,18,19)/t8-,10?/m0/s1. The highest BCUT2D eigenvalue weighted by molar-refractivity contribution is 5.89. The Morgan fingerprint density at radius 3 is 2.60 bits per heavy atom. The van der Waals surface area contributed by atoms with Crippen LogP contribution in [-0.2, 0) is 20.8 Å². The van der Waals surface area contributed by atoms with Crippen LogP contribution in [0.4, 0.5) is 0 Å². The maximum Gasteiger partial charge on any atom is 0.326 e. The number of carbonyl (C=O) groups excluding carboxylic acids is 1. The summed E-state index contributed by atoms with van der Waals surface area (Å²) >= 11 is 0. The largest absolute Gasteiger partial charge is 0.481 e. The normalized spacial score (nSPS) is 17.7. The number of aliphatic carboxylic acids is 2. The zero-order valence-electron chi connectivity index (χ0n) is 10.4. The number of hydrogen-bond donors (Lipinski definition) is 3. The molecule has 1 aromatic rings. The molecule has 0 saturated carbocycles. The second kappa shape index (κ2) is 5.60. The Bertz CT molecular complexity index is 531. The Morgan fingerprint density at radius 1 is 1.30 bits per heavy atom. The van der Waals surface area contributed by atoms with E-state index >= 15 is 0 Å². The van der Waals surface area contributed by atoms with Crippen LogP contribution in [0.1, 0.15) is 12.0 Å². The van der Waals surface area contributed by atoms with Crippen LogP contribution >= 0.6 is 0 Å². The molecule has 7 heteroatoms. The van der Waals surface area contributed by atoms with Gasteiger partial charge in [-0.3, -0.25) is 9.59 Å². The van der Waals surface area contributed by atoms with E-state index in [0.29, 0.717) is 12.2 Å². The molecule has 0 bridgehead atoms. The zero-order chi connectivity index (χ0) is 14.7. The highest BCUT2D eigenvalue weighted by atomic mass is 16.5. The number of ether oxygens (including phenoxy) is 1. The predicted octanol–water partition coefficient (Wildman–Crippen LogP) is 0.0342. The summed E-state index contributed by atoms with van der Waals surface area (Å²) < 4.78 is 5.40. The summed E-state index contributed by atoms with van der Waals surface area (Å²) in [5.41, 5.74) is 0.859. The molecule has 2 rings (SSSR count). The molecule has 0 aliphatic carbocycles. The van der Waals surface area contributed by atoms with Crippen LogP contribution in [0.25, 0.3) is 0 Å². The van der Waals surface area contributed by atoms with E-state index in [1.807, 2.05) is 12.1 Å². The fourth-order valence-electron chi connectivity index (χ4n) is 1.97. The number of benzene rings is 1. The number of para-hydroxylation sites is 1. The summed E-state index contributed by atoms with van der Waals surface area (Å²) in [5, 5.41) is 19.7. The van der Waals surface area contributed by atoms with Gasteiger partial charge in [-0.15, -0.1) is 0 Å². The lowest BCUT2D eigenvalue weighted by Gasteiger charge is -2.15. The average Bonchev–Trinajstić information content (AvgIpc) is 2.81. The third-order valence-electron chi connectivity index (χ3n) is 2.93. The molecule has 106 valence electrons. The van der Waals surface area contributed by atoms with Gasteiger partial charge in [-0.05, 0) is 11.6 Å². The van der Waals surface area contributed by atoms with Crippen molar-refractivity contribution in [2.75, 3.05) is 0 Å². The minimum atomic E-state index is -1.47. The third-order valence-corrected chi connectivity index (χ3v) is 2.93. The number of amides is 1. The van der Waals surface area contributed by atoms with Gasteiger partial charge in [0.05, 0.1) is 6.42 Å². The van der Waals surface area contributed by atoms with Crippen LogP contribution in [0.2, 0.25) is 0 Å². The SMILES string of the molecule is O=C(O)C[C@H](NC(=O)C1Cc2ccccc2O1)C(=O)O. The molecular formula is C13H13NO6. The van der Waals surface area contributed by atoms with Crippen molar-refractivity contribution in [3.05, 3.63) is 29.8 Å². The molecule has 1 aliphatic heterocycles. The van der Waals surface area contributed by atoms with E-state index in [1.54, 1.807) is 12.1 Å².